The van der Waals surface area contributed by atoms with Crippen LogP contribution in [-0.4, -0.2) is 22.6 Å². The SMILES string of the molecule is CC(C)(C)c1ccc(C(=O)Nc2ccc3nc(SCC(=O)Nc4ccc(-c5ccccc5)cc4)sc3c2)cc1. The van der Waals surface area contributed by atoms with E-state index in [9.17, 15) is 9.59 Å². The van der Waals surface area contributed by atoms with E-state index in [4.69, 9.17) is 0 Å². The molecule has 0 aliphatic heterocycles. The van der Waals surface area contributed by atoms with Gasteiger partial charge in [0.1, 0.15) is 0 Å². The summed E-state index contributed by atoms with van der Waals surface area (Å²) in [4.78, 5) is 29.9. The zero-order valence-electron chi connectivity index (χ0n) is 22.0. The molecule has 7 heteroatoms. The van der Waals surface area contributed by atoms with Gasteiger partial charge < -0.3 is 10.6 Å². The van der Waals surface area contributed by atoms with Gasteiger partial charge in [-0.05, 0) is 64.6 Å². The fourth-order valence-corrected chi connectivity index (χ4v) is 5.98. The van der Waals surface area contributed by atoms with Crippen molar-refractivity contribution in [1.29, 1.82) is 0 Å². The quantitative estimate of drug-likeness (QED) is 0.200. The average Bonchev–Trinajstić information content (AvgIpc) is 3.35. The second kappa shape index (κ2) is 11.4. The number of fused-ring (bicyclic) bond motifs is 1. The molecule has 5 rings (SSSR count). The first-order chi connectivity index (χ1) is 18.7. The second-order valence-electron chi connectivity index (χ2n) is 10.2. The predicted octanol–water partition coefficient (Wildman–Crippen LogP) is 8.24. The molecule has 1 heterocycles. The molecule has 0 saturated heterocycles. The van der Waals surface area contributed by atoms with Crippen molar-refractivity contribution in [3.63, 3.8) is 0 Å². The molecule has 2 N–H and O–H groups in total. The third kappa shape index (κ3) is 6.74. The fourth-order valence-electron chi connectivity index (χ4n) is 4.07. The van der Waals surface area contributed by atoms with Gasteiger partial charge in [-0.2, -0.15) is 0 Å². The second-order valence-corrected chi connectivity index (χ2v) is 12.5. The molecule has 0 spiro atoms. The lowest BCUT2D eigenvalue weighted by molar-refractivity contribution is -0.113. The van der Waals surface area contributed by atoms with Crippen LogP contribution in [-0.2, 0) is 10.2 Å². The normalized spacial score (nSPS) is 11.4. The molecule has 0 bridgehead atoms. The molecule has 0 aliphatic carbocycles. The van der Waals surface area contributed by atoms with Gasteiger partial charge in [-0.1, -0.05) is 87.1 Å². The fraction of sp³-hybridized carbons (Fsp3) is 0.156. The Bertz CT molecular complexity index is 1600. The zero-order valence-corrected chi connectivity index (χ0v) is 23.7. The maximum Gasteiger partial charge on any atom is 0.255 e. The lowest BCUT2D eigenvalue weighted by atomic mass is 9.87. The van der Waals surface area contributed by atoms with Crippen molar-refractivity contribution >= 4 is 56.5 Å². The summed E-state index contributed by atoms with van der Waals surface area (Å²) < 4.78 is 1.76. The Hall–Kier alpha value is -3.94. The Kier molecular flexibility index (Phi) is 7.82. The lowest BCUT2D eigenvalue weighted by Crippen LogP contribution is -2.14. The Labute approximate surface area is 236 Å². The number of amides is 2. The van der Waals surface area contributed by atoms with E-state index in [1.165, 1.54) is 28.7 Å². The number of aromatic nitrogens is 1. The van der Waals surface area contributed by atoms with Crippen molar-refractivity contribution in [2.45, 2.75) is 30.5 Å². The first kappa shape index (κ1) is 26.7. The van der Waals surface area contributed by atoms with Crippen molar-refractivity contribution in [2.75, 3.05) is 16.4 Å². The molecule has 196 valence electrons. The van der Waals surface area contributed by atoms with Gasteiger partial charge in [-0.3, -0.25) is 9.59 Å². The maximum atomic E-state index is 12.8. The molecule has 0 aliphatic rings. The zero-order chi connectivity index (χ0) is 27.4. The van der Waals surface area contributed by atoms with Gasteiger partial charge in [0.15, 0.2) is 4.34 Å². The smallest absolute Gasteiger partial charge is 0.255 e. The standard InChI is InChI=1S/C32H29N3O2S2/c1-32(2,3)24-13-9-23(10-14-24)30(37)34-26-17-18-27-28(19-26)39-31(35-27)38-20-29(36)33-25-15-11-22(12-16-25)21-7-5-4-6-8-21/h4-19H,20H2,1-3H3,(H,33,36)(H,34,37). The van der Waals surface area contributed by atoms with E-state index in [2.05, 4.69) is 48.5 Å². The number of hydrogen-bond acceptors (Lipinski definition) is 5. The van der Waals surface area contributed by atoms with Gasteiger partial charge in [-0.25, -0.2) is 4.98 Å². The van der Waals surface area contributed by atoms with E-state index in [1.54, 1.807) is 0 Å². The van der Waals surface area contributed by atoms with Crippen molar-refractivity contribution in [3.8, 4) is 11.1 Å². The molecule has 4 aromatic carbocycles. The molecular weight excluding hydrogens is 523 g/mol. The summed E-state index contributed by atoms with van der Waals surface area (Å²) in [6.45, 7) is 6.45. The molecule has 39 heavy (non-hydrogen) atoms. The number of anilines is 2. The number of carbonyl (C=O) groups excluding carboxylic acids is 2. The Morgan fingerprint density at radius 3 is 2.15 bits per heavy atom. The minimum atomic E-state index is -0.151. The van der Waals surface area contributed by atoms with Crippen molar-refractivity contribution in [3.05, 3.63) is 108 Å². The molecule has 0 atom stereocenters. The van der Waals surface area contributed by atoms with Crippen LogP contribution in [0, 0.1) is 0 Å². The molecule has 5 aromatic rings. The van der Waals surface area contributed by atoms with Crippen LogP contribution in [0.5, 0.6) is 0 Å². The van der Waals surface area contributed by atoms with Gasteiger partial charge in [-0.15, -0.1) is 11.3 Å². The monoisotopic (exact) mass is 551 g/mol. The number of rotatable bonds is 7. The van der Waals surface area contributed by atoms with Gasteiger partial charge in [0.25, 0.3) is 5.91 Å². The van der Waals surface area contributed by atoms with Crippen LogP contribution in [0.4, 0.5) is 11.4 Å². The van der Waals surface area contributed by atoms with E-state index in [-0.39, 0.29) is 23.0 Å². The van der Waals surface area contributed by atoms with Crippen LogP contribution < -0.4 is 10.6 Å². The molecule has 2 amide bonds. The van der Waals surface area contributed by atoms with Gasteiger partial charge in [0.05, 0.1) is 16.0 Å². The van der Waals surface area contributed by atoms with E-state index in [0.29, 0.717) is 11.3 Å². The summed E-state index contributed by atoms with van der Waals surface area (Å²) >= 11 is 2.91. The number of hydrogen-bond donors (Lipinski definition) is 2. The molecule has 1 aromatic heterocycles. The van der Waals surface area contributed by atoms with Crippen LogP contribution in [0.3, 0.4) is 0 Å². The Morgan fingerprint density at radius 2 is 1.46 bits per heavy atom. The van der Waals surface area contributed by atoms with Crippen LogP contribution >= 0.6 is 23.1 Å². The average molecular weight is 552 g/mol. The minimum absolute atomic E-state index is 0.0384. The molecule has 5 nitrogen and oxygen atoms in total. The topological polar surface area (TPSA) is 71.1 Å². The summed E-state index contributed by atoms with van der Waals surface area (Å²) in [6.07, 6.45) is 0. The third-order valence-electron chi connectivity index (χ3n) is 6.24. The van der Waals surface area contributed by atoms with E-state index >= 15 is 0 Å². The molecule has 0 saturated carbocycles. The van der Waals surface area contributed by atoms with Crippen LogP contribution in [0.1, 0.15) is 36.7 Å². The largest absolute Gasteiger partial charge is 0.325 e. The Balaban J connectivity index is 1.17. The third-order valence-corrected chi connectivity index (χ3v) is 8.40. The first-order valence-corrected chi connectivity index (χ1v) is 14.5. The predicted molar refractivity (Wildman–Crippen MR) is 164 cm³/mol. The molecule has 0 radical (unpaired) electrons. The number of nitrogens with one attached hydrogen (secondary N) is 2. The van der Waals surface area contributed by atoms with Crippen LogP contribution in [0.2, 0.25) is 0 Å². The highest BCUT2D eigenvalue weighted by Crippen LogP contribution is 2.32. The van der Waals surface area contributed by atoms with E-state index in [1.807, 2.05) is 84.9 Å². The van der Waals surface area contributed by atoms with Crippen LogP contribution in [0.25, 0.3) is 21.3 Å². The van der Waals surface area contributed by atoms with Crippen molar-refractivity contribution < 1.29 is 9.59 Å². The molecule has 0 fully saturated rings. The summed E-state index contributed by atoms with van der Waals surface area (Å²) in [6, 6.07) is 31.3. The van der Waals surface area contributed by atoms with Gasteiger partial charge >= 0.3 is 0 Å². The highest BCUT2D eigenvalue weighted by molar-refractivity contribution is 8.01. The Morgan fingerprint density at radius 1 is 0.795 bits per heavy atom. The number of benzene rings is 4. The number of thiazole rings is 1. The summed E-state index contributed by atoms with van der Waals surface area (Å²) in [5.41, 5.74) is 6.39. The number of carbonyl (C=O) groups is 2. The molecular formula is C32H29N3O2S2. The van der Waals surface area contributed by atoms with Crippen molar-refractivity contribution in [1.82, 2.24) is 4.98 Å². The van der Waals surface area contributed by atoms with Crippen LogP contribution in [0.15, 0.2) is 101 Å². The van der Waals surface area contributed by atoms with E-state index < -0.39 is 0 Å². The maximum absolute atomic E-state index is 12.8. The molecule has 0 unspecified atom stereocenters. The highest BCUT2D eigenvalue weighted by Gasteiger charge is 2.15. The highest BCUT2D eigenvalue weighted by atomic mass is 32.2. The summed E-state index contributed by atoms with van der Waals surface area (Å²) in [5.74, 6) is 0.0218. The van der Waals surface area contributed by atoms with E-state index in [0.717, 1.165) is 31.4 Å². The summed E-state index contributed by atoms with van der Waals surface area (Å²) in [5, 5.41) is 5.93. The lowest BCUT2D eigenvalue weighted by Gasteiger charge is -2.19. The minimum Gasteiger partial charge on any atom is -0.325 e. The van der Waals surface area contributed by atoms with Crippen molar-refractivity contribution in [2.24, 2.45) is 0 Å². The van der Waals surface area contributed by atoms with Gasteiger partial charge in [0.2, 0.25) is 5.91 Å². The number of nitrogens with zero attached hydrogens (tertiary/aromatic N) is 1. The number of thioether (sulfide) groups is 1. The first-order valence-electron chi connectivity index (χ1n) is 12.7. The summed E-state index contributed by atoms with van der Waals surface area (Å²) in [7, 11) is 0. The van der Waals surface area contributed by atoms with Gasteiger partial charge in [0, 0.05) is 16.9 Å².